The maximum atomic E-state index is 3.82. The first-order chi connectivity index (χ1) is 8.41. The van der Waals surface area contributed by atoms with Crippen molar-refractivity contribution in [3.63, 3.8) is 0 Å². The van der Waals surface area contributed by atoms with Gasteiger partial charge in [-0.25, -0.2) is 0 Å². The van der Waals surface area contributed by atoms with Crippen LogP contribution in [0.15, 0.2) is 0 Å². The molecule has 0 spiro atoms. The summed E-state index contributed by atoms with van der Waals surface area (Å²) >= 11 is 22.9. The number of alkyl halides is 6. The molecule has 0 aromatic carbocycles. The average Bonchev–Trinajstić information content (AvgIpc) is 2.36. The van der Waals surface area contributed by atoms with Gasteiger partial charge in [0.1, 0.15) is 0 Å². The Morgan fingerprint density at radius 2 is 0.444 bits per heavy atom. The number of hydrogen-bond donors (Lipinski definition) is 0. The Morgan fingerprint density at radius 1 is 0.333 bits per heavy atom. The van der Waals surface area contributed by atoms with Crippen molar-refractivity contribution in [2.45, 2.75) is 67.5 Å². The van der Waals surface area contributed by atoms with Gasteiger partial charge in [-0.05, 0) is 38.5 Å². The van der Waals surface area contributed by atoms with Crippen LogP contribution in [0, 0.1) is 0 Å². The van der Waals surface area contributed by atoms with Crippen LogP contribution in [0.5, 0.6) is 0 Å². The Bertz CT molecular complexity index is 175. The van der Waals surface area contributed by atoms with Crippen molar-refractivity contribution in [1.29, 1.82) is 0 Å². The highest BCUT2D eigenvalue weighted by Gasteiger charge is 2.25. The zero-order valence-corrected chi connectivity index (χ0v) is 19.5. The molecule has 1 aliphatic carbocycles. The van der Waals surface area contributed by atoms with E-state index in [9.17, 15) is 0 Å². The van der Waals surface area contributed by atoms with Gasteiger partial charge >= 0.3 is 0 Å². The lowest BCUT2D eigenvalue weighted by Gasteiger charge is -2.25. The van der Waals surface area contributed by atoms with Crippen molar-refractivity contribution in [3.05, 3.63) is 0 Å². The zero-order chi connectivity index (χ0) is 13.7. The molecule has 0 saturated heterocycles. The summed E-state index contributed by atoms with van der Waals surface area (Å²) in [6.07, 6.45) is 7.24. The van der Waals surface area contributed by atoms with Crippen LogP contribution < -0.4 is 0 Å². The average molecular weight is 642 g/mol. The van der Waals surface area contributed by atoms with E-state index >= 15 is 0 Å². The van der Waals surface area contributed by atoms with Crippen molar-refractivity contribution in [2.75, 3.05) is 0 Å². The van der Waals surface area contributed by atoms with Crippen molar-refractivity contribution in [1.82, 2.24) is 0 Å². The van der Waals surface area contributed by atoms with Crippen LogP contribution in [-0.2, 0) is 0 Å². The normalized spacial score (nSPS) is 45.0. The summed E-state index contributed by atoms with van der Waals surface area (Å²) in [5.41, 5.74) is 0. The first-order valence-electron chi connectivity index (χ1n) is 6.26. The molecule has 0 heterocycles. The topological polar surface area (TPSA) is 0 Å². The molecule has 0 aliphatic heterocycles. The van der Waals surface area contributed by atoms with E-state index in [1.165, 1.54) is 38.5 Å². The second-order valence-electron chi connectivity index (χ2n) is 4.83. The first kappa shape index (κ1) is 18.9. The fourth-order valence-electron chi connectivity index (χ4n) is 2.04. The fourth-order valence-corrected chi connectivity index (χ4v) is 5.21. The summed E-state index contributed by atoms with van der Waals surface area (Å²) in [7, 11) is 0. The summed E-state index contributed by atoms with van der Waals surface area (Å²) < 4.78 is 0. The second kappa shape index (κ2) is 9.81. The van der Waals surface area contributed by atoms with Gasteiger partial charge in [0.15, 0.2) is 0 Å². The third kappa shape index (κ3) is 6.76. The van der Waals surface area contributed by atoms with Gasteiger partial charge in [0.05, 0.1) is 0 Å². The molecule has 0 bridgehead atoms. The predicted molar refractivity (Wildman–Crippen MR) is 104 cm³/mol. The maximum Gasteiger partial charge on any atom is 0.0271 e. The molecule has 0 aromatic rings. The molecule has 0 N–H and O–H groups in total. The van der Waals surface area contributed by atoms with Crippen LogP contribution in [-0.4, -0.2) is 29.0 Å². The first-order valence-corrected chi connectivity index (χ1v) is 11.8. The fraction of sp³-hybridized carbons (Fsp3) is 1.00. The lowest BCUT2D eigenvalue weighted by molar-refractivity contribution is 0.557. The van der Waals surface area contributed by atoms with Gasteiger partial charge in [-0.15, -0.1) is 0 Å². The van der Waals surface area contributed by atoms with E-state index < -0.39 is 0 Å². The minimum Gasteiger partial charge on any atom is -0.0879 e. The summed E-state index contributed by atoms with van der Waals surface area (Å²) in [5.74, 6) is 0. The van der Waals surface area contributed by atoms with Gasteiger partial charge in [0, 0.05) is 29.0 Å². The number of hydrogen-bond acceptors (Lipinski definition) is 0. The minimum atomic E-state index is 0.560. The van der Waals surface area contributed by atoms with E-state index in [1.807, 2.05) is 0 Å². The summed E-state index contributed by atoms with van der Waals surface area (Å²) in [6.45, 7) is 0. The molecule has 1 saturated carbocycles. The molecule has 0 radical (unpaired) electrons. The Hall–Kier alpha value is 2.88. The SMILES string of the molecule is BrC1CC[C@H](Br)[C@H](Br)CC[C@@H](Br)[C@@H](Br)CC[C@H]1Br. The molecular formula is C12H18Br6. The van der Waals surface area contributed by atoms with Crippen molar-refractivity contribution in [2.24, 2.45) is 0 Å². The number of rotatable bonds is 0. The van der Waals surface area contributed by atoms with Gasteiger partial charge in [0.2, 0.25) is 0 Å². The van der Waals surface area contributed by atoms with Crippen LogP contribution in [0.1, 0.15) is 38.5 Å². The van der Waals surface area contributed by atoms with Crippen LogP contribution in [0.2, 0.25) is 0 Å². The molecule has 0 nitrogen and oxygen atoms in total. The molecule has 0 amide bonds. The van der Waals surface area contributed by atoms with E-state index in [4.69, 9.17) is 0 Å². The van der Waals surface area contributed by atoms with Crippen LogP contribution in [0.25, 0.3) is 0 Å². The van der Waals surface area contributed by atoms with Crippen molar-refractivity contribution >= 4 is 95.6 Å². The van der Waals surface area contributed by atoms with Gasteiger partial charge in [-0.1, -0.05) is 95.6 Å². The summed E-state index contributed by atoms with van der Waals surface area (Å²) in [5, 5.41) is 0. The Labute approximate surface area is 161 Å². The lowest BCUT2D eigenvalue weighted by atomic mass is 10.0. The monoisotopic (exact) mass is 636 g/mol. The van der Waals surface area contributed by atoms with Gasteiger partial charge in [0.25, 0.3) is 0 Å². The highest BCUT2D eigenvalue weighted by molar-refractivity contribution is 9.13. The van der Waals surface area contributed by atoms with E-state index in [1.54, 1.807) is 0 Å². The number of halogens is 6. The largest absolute Gasteiger partial charge is 0.0879 e. The molecular weight excluding hydrogens is 624 g/mol. The Balaban J connectivity index is 2.61. The predicted octanol–water partition coefficient (Wildman–Crippen LogP) is 6.92. The second-order valence-corrected chi connectivity index (χ2v) is 11.9. The molecule has 1 fully saturated rings. The quantitative estimate of drug-likeness (QED) is 0.252. The van der Waals surface area contributed by atoms with Gasteiger partial charge < -0.3 is 0 Å². The van der Waals surface area contributed by atoms with Crippen molar-refractivity contribution in [3.8, 4) is 0 Å². The van der Waals surface area contributed by atoms with E-state index in [0.717, 1.165) is 0 Å². The molecule has 18 heavy (non-hydrogen) atoms. The lowest BCUT2D eigenvalue weighted by Crippen LogP contribution is -2.25. The van der Waals surface area contributed by atoms with Crippen molar-refractivity contribution < 1.29 is 0 Å². The smallest absolute Gasteiger partial charge is 0.0271 e. The summed E-state index contributed by atoms with van der Waals surface area (Å²) in [6, 6.07) is 0. The standard InChI is InChI=1S/C12H18Br6/c13-7-1-2-8(14)10(16)5-6-12(18)11(17)4-3-9(7)15/h7-12H,1-6H2/t7-,8-,9+,10+,11-,12?/m1/s1. The molecule has 1 aliphatic rings. The van der Waals surface area contributed by atoms with E-state index in [-0.39, 0.29) is 0 Å². The summed E-state index contributed by atoms with van der Waals surface area (Å²) in [4.78, 5) is 3.36. The highest BCUT2D eigenvalue weighted by Crippen LogP contribution is 2.34. The third-order valence-corrected chi connectivity index (χ3v) is 12.0. The maximum absolute atomic E-state index is 3.82. The van der Waals surface area contributed by atoms with Crippen LogP contribution >= 0.6 is 95.6 Å². The molecule has 6 heteroatoms. The molecule has 1 rings (SSSR count). The third-order valence-electron chi connectivity index (χ3n) is 3.33. The highest BCUT2D eigenvalue weighted by atomic mass is 79.9. The minimum absolute atomic E-state index is 0.560. The van der Waals surface area contributed by atoms with Crippen LogP contribution in [0.3, 0.4) is 0 Å². The van der Waals surface area contributed by atoms with Crippen LogP contribution in [0.4, 0.5) is 0 Å². The molecule has 1 unspecified atom stereocenters. The molecule has 0 aromatic heterocycles. The van der Waals surface area contributed by atoms with E-state index in [2.05, 4.69) is 95.6 Å². The molecule has 108 valence electrons. The van der Waals surface area contributed by atoms with E-state index in [0.29, 0.717) is 29.0 Å². The van der Waals surface area contributed by atoms with Gasteiger partial charge in [-0.3, -0.25) is 0 Å². The molecule has 6 atom stereocenters. The Morgan fingerprint density at radius 3 is 0.556 bits per heavy atom. The van der Waals surface area contributed by atoms with Gasteiger partial charge in [-0.2, -0.15) is 0 Å². The zero-order valence-electron chi connectivity index (χ0n) is 9.97. The Kier molecular flexibility index (Phi) is 10.3.